The third-order valence-electron chi connectivity index (χ3n) is 6.03. The van der Waals surface area contributed by atoms with Crippen LogP contribution in [0.5, 0.6) is 11.5 Å². The lowest BCUT2D eigenvalue weighted by atomic mass is 9.96. The van der Waals surface area contributed by atoms with Gasteiger partial charge in [-0.15, -0.1) is 0 Å². The maximum atomic E-state index is 12.5. The highest BCUT2D eigenvalue weighted by molar-refractivity contribution is 5.94. The van der Waals surface area contributed by atoms with Crippen molar-refractivity contribution in [3.05, 3.63) is 35.9 Å². The van der Waals surface area contributed by atoms with Gasteiger partial charge < -0.3 is 19.7 Å². The SMILES string of the molecule is COc1ccc(C(=O)NCC2CCN(C(=O)/C=C/C3CCCC3)CC2)cc1OC. The van der Waals surface area contributed by atoms with Crippen LogP contribution in [0.4, 0.5) is 0 Å². The third kappa shape index (κ3) is 5.75. The van der Waals surface area contributed by atoms with Gasteiger partial charge in [0.25, 0.3) is 5.91 Å². The van der Waals surface area contributed by atoms with E-state index in [0.29, 0.717) is 35.4 Å². The fourth-order valence-electron chi connectivity index (χ4n) is 4.15. The smallest absolute Gasteiger partial charge is 0.251 e. The maximum Gasteiger partial charge on any atom is 0.251 e. The molecule has 1 heterocycles. The summed E-state index contributed by atoms with van der Waals surface area (Å²) in [6.07, 6.45) is 10.7. The summed E-state index contributed by atoms with van der Waals surface area (Å²) in [5, 5.41) is 3.01. The number of carbonyl (C=O) groups excluding carboxylic acids is 2. The Morgan fingerprint density at radius 1 is 1.07 bits per heavy atom. The van der Waals surface area contributed by atoms with Gasteiger partial charge in [0, 0.05) is 25.2 Å². The predicted octanol–water partition coefficient (Wildman–Crippen LogP) is 3.42. The summed E-state index contributed by atoms with van der Waals surface area (Å²) in [7, 11) is 3.12. The molecule has 1 saturated heterocycles. The van der Waals surface area contributed by atoms with Crippen molar-refractivity contribution in [2.75, 3.05) is 33.9 Å². The second kappa shape index (κ2) is 10.3. The Morgan fingerprint density at radius 2 is 1.76 bits per heavy atom. The number of amides is 2. The Labute approximate surface area is 173 Å². The Kier molecular flexibility index (Phi) is 7.55. The molecule has 0 aromatic heterocycles. The van der Waals surface area contributed by atoms with Crippen molar-refractivity contribution in [1.82, 2.24) is 10.2 Å². The number of rotatable bonds is 7. The number of carbonyl (C=O) groups is 2. The summed E-state index contributed by atoms with van der Waals surface area (Å²) in [4.78, 5) is 26.8. The highest BCUT2D eigenvalue weighted by atomic mass is 16.5. The first-order chi connectivity index (χ1) is 14.1. The number of likely N-dealkylation sites (tertiary alicyclic amines) is 1. The van der Waals surface area contributed by atoms with Crippen LogP contribution >= 0.6 is 0 Å². The molecular formula is C23H32N2O4. The maximum absolute atomic E-state index is 12.5. The number of benzene rings is 1. The van der Waals surface area contributed by atoms with E-state index in [4.69, 9.17) is 9.47 Å². The van der Waals surface area contributed by atoms with Gasteiger partial charge in [0.15, 0.2) is 11.5 Å². The number of hydrogen-bond donors (Lipinski definition) is 1. The molecule has 0 radical (unpaired) electrons. The van der Waals surface area contributed by atoms with Crippen LogP contribution in [0.25, 0.3) is 0 Å². The number of piperidine rings is 1. The second-order valence-electron chi connectivity index (χ2n) is 7.95. The minimum Gasteiger partial charge on any atom is -0.493 e. The van der Waals surface area contributed by atoms with Crippen LogP contribution in [-0.4, -0.2) is 50.6 Å². The molecule has 1 aromatic carbocycles. The number of hydrogen-bond acceptors (Lipinski definition) is 4. The first-order valence-corrected chi connectivity index (χ1v) is 10.6. The summed E-state index contributed by atoms with van der Waals surface area (Å²) < 4.78 is 10.5. The van der Waals surface area contributed by atoms with Crippen LogP contribution in [0, 0.1) is 11.8 Å². The molecule has 2 fully saturated rings. The van der Waals surface area contributed by atoms with Gasteiger partial charge in [0.1, 0.15) is 0 Å². The van der Waals surface area contributed by atoms with Gasteiger partial charge in [-0.25, -0.2) is 0 Å². The second-order valence-corrected chi connectivity index (χ2v) is 7.95. The van der Waals surface area contributed by atoms with Gasteiger partial charge in [0.05, 0.1) is 14.2 Å². The molecule has 0 unspecified atom stereocenters. The van der Waals surface area contributed by atoms with Crippen LogP contribution < -0.4 is 14.8 Å². The molecule has 2 aliphatic rings. The molecule has 6 heteroatoms. The van der Waals surface area contributed by atoms with E-state index in [0.717, 1.165) is 25.9 Å². The molecule has 0 spiro atoms. The highest BCUT2D eigenvalue weighted by Gasteiger charge is 2.23. The summed E-state index contributed by atoms with van der Waals surface area (Å²) in [6.45, 7) is 2.13. The van der Waals surface area contributed by atoms with Crippen molar-refractivity contribution >= 4 is 11.8 Å². The van der Waals surface area contributed by atoms with Crippen LogP contribution in [0.3, 0.4) is 0 Å². The van der Waals surface area contributed by atoms with Gasteiger partial charge >= 0.3 is 0 Å². The monoisotopic (exact) mass is 400 g/mol. The van der Waals surface area contributed by atoms with E-state index in [9.17, 15) is 9.59 Å². The topological polar surface area (TPSA) is 67.9 Å². The molecule has 158 valence electrons. The van der Waals surface area contributed by atoms with Crippen LogP contribution in [0.15, 0.2) is 30.4 Å². The molecule has 1 aliphatic heterocycles. The number of allylic oxidation sites excluding steroid dienone is 1. The zero-order valence-corrected chi connectivity index (χ0v) is 17.5. The van der Waals surface area contributed by atoms with Gasteiger partial charge in [-0.3, -0.25) is 9.59 Å². The molecule has 1 aliphatic carbocycles. The quantitative estimate of drug-likeness (QED) is 0.712. The average molecular weight is 401 g/mol. The fourth-order valence-corrected chi connectivity index (χ4v) is 4.15. The van der Waals surface area contributed by atoms with E-state index < -0.39 is 0 Å². The molecular weight excluding hydrogens is 368 g/mol. The number of nitrogens with zero attached hydrogens (tertiary/aromatic N) is 1. The zero-order chi connectivity index (χ0) is 20.6. The first-order valence-electron chi connectivity index (χ1n) is 10.6. The van der Waals surface area contributed by atoms with Crippen molar-refractivity contribution in [2.24, 2.45) is 11.8 Å². The molecule has 1 aromatic rings. The zero-order valence-electron chi connectivity index (χ0n) is 17.5. The van der Waals surface area contributed by atoms with Crippen LogP contribution in [-0.2, 0) is 4.79 Å². The lowest BCUT2D eigenvalue weighted by Crippen LogP contribution is -2.41. The Morgan fingerprint density at radius 3 is 2.41 bits per heavy atom. The summed E-state index contributed by atoms with van der Waals surface area (Å²) in [5.74, 6) is 2.12. The lowest BCUT2D eigenvalue weighted by molar-refractivity contribution is -0.127. The van der Waals surface area contributed by atoms with E-state index >= 15 is 0 Å². The number of methoxy groups -OCH3 is 2. The third-order valence-corrected chi connectivity index (χ3v) is 6.03. The number of ether oxygens (including phenoxy) is 2. The molecule has 3 rings (SSSR count). The average Bonchev–Trinajstić information content (AvgIpc) is 3.29. The summed E-state index contributed by atoms with van der Waals surface area (Å²) in [6, 6.07) is 5.15. The van der Waals surface area contributed by atoms with Crippen molar-refractivity contribution in [2.45, 2.75) is 38.5 Å². The fraction of sp³-hybridized carbons (Fsp3) is 0.565. The molecule has 1 saturated carbocycles. The first kappa shape index (κ1) is 21.2. The van der Waals surface area contributed by atoms with Crippen molar-refractivity contribution < 1.29 is 19.1 Å². The standard InChI is InChI=1S/C23H32N2O4/c1-28-20-9-8-19(15-21(20)29-2)23(27)24-16-18-11-13-25(14-12-18)22(26)10-7-17-5-3-4-6-17/h7-10,15,17-18H,3-6,11-14,16H2,1-2H3,(H,24,27)/b10-7+. The van der Waals surface area contributed by atoms with Gasteiger partial charge in [0.2, 0.25) is 5.91 Å². The summed E-state index contributed by atoms with van der Waals surface area (Å²) in [5.41, 5.74) is 0.548. The van der Waals surface area contributed by atoms with E-state index in [1.807, 2.05) is 4.90 Å². The van der Waals surface area contributed by atoms with E-state index in [-0.39, 0.29) is 11.8 Å². The minimum atomic E-state index is -0.121. The van der Waals surface area contributed by atoms with Gasteiger partial charge in [-0.05, 0) is 61.8 Å². The van der Waals surface area contributed by atoms with Crippen LogP contribution in [0.1, 0.15) is 48.9 Å². The minimum absolute atomic E-state index is 0.121. The van der Waals surface area contributed by atoms with Gasteiger partial charge in [-0.2, -0.15) is 0 Å². The normalized spacial score (nSPS) is 18.2. The molecule has 0 bridgehead atoms. The highest BCUT2D eigenvalue weighted by Crippen LogP contribution is 2.28. The molecule has 6 nitrogen and oxygen atoms in total. The van der Waals surface area contributed by atoms with E-state index in [2.05, 4.69) is 11.4 Å². The Hall–Kier alpha value is -2.50. The molecule has 0 atom stereocenters. The predicted molar refractivity (Wildman–Crippen MR) is 112 cm³/mol. The van der Waals surface area contributed by atoms with Crippen molar-refractivity contribution in [3.63, 3.8) is 0 Å². The van der Waals surface area contributed by atoms with Gasteiger partial charge in [-0.1, -0.05) is 18.9 Å². The summed E-state index contributed by atoms with van der Waals surface area (Å²) >= 11 is 0. The lowest BCUT2D eigenvalue weighted by Gasteiger charge is -2.31. The number of nitrogens with one attached hydrogen (secondary N) is 1. The molecule has 29 heavy (non-hydrogen) atoms. The van der Waals surface area contributed by atoms with Crippen molar-refractivity contribution in [3.8, 4) is 11.5 Å². The largest absolute Gasteiger partial charge is 0.493 e. The Balaban J connectivity index is 1.42. The van der Waals surface area contributed by atoms with E-state index in [1.165, 1.54) is 25.7 Å². The van der Waals surface area contributed by atoms with Crippen molar-refractivity contribution in [1.29, 1.82) is 0 Å². The van der Waals surface area contributed by atoms with Crippen LogP contribution in [0.2, 0.25) is 0 Å². The molecule has 2 amide bonds. The van der Waals surface area contributed by atoms with E-state index in [1.54, 1.807) is 38.5 Å². The Bertz CT molecular complexity index is 732. The molecule has 1 N–H and O–H groups in total.